The van der Waals surface area contributed by atoms with Gasteiger partial charge in [-0.1, -0.05) is 152 Å². The third kappa shape index (κ3) is 9.52. The molecule has 6 nitrogen and oxygen atoms in total. The van der Waals surface area contributed by atoms with E-state index in [1.54, 1.807) is 0 Å². The zero-order chi connectivity index (χ0) is 37.8. The van der Waals surface area contributed by atoms with Crippen molar-refractivity contribution < 1.29 is 28.4 Å². The maximum atomic E-state index is 6.90. The molecule has 0 aliphatic carbocycles. The van der Waals surface area contributed by atoms with E-state index in [4.69, 9.17) is 28.4 Å². The molecular formula is C50H44O6. The van der Waals surface area contributed by atoms with E-state index in [1.165, 1.54) is 0 Å². The van der Waals surface area contributed by atoms with E-state index in [0.29, 0.717) is 56.0 Å². The van der Waals surface area contributed by atoms with Crippen molar-refractivity contribution in [3.8, 4) is 34.5 Å². The molecule has 0 radical (unpaired) electrons. The van der Waals surface area contributed by atoms with E-state index in [9.17, 15) is 0 Å². The summed E-state index contributed by atoms with van der Waals surface area (Å²) < 4.78 is 39.5. The normalized spacial score (nSPS) is 13.2. The molecule has 1 aliphatic rings. The minimum absolute atomic E-state index is 0.296. The van der Waals surface area contributed by atoms with Gasteiger partial charge in [-0.25, -0.2) is 0 Å². The zero-order valence-electron chi connectivity index (χ0n) is 31.2. The average molecular weight is 741 g/mol. The molecule has 280 valence electrons. The summed E-state index contributed by atoms with van der Waals surface area (Å²) in [4.78, 5) is 0. The molecule has 1 atom stereocenters. The third-order valence-electron chi connectivity index (χ3n) is 9.67. The van der Waals surface area contributed by atoms with Crippen LogP contribution in [-0.2, 0) is 39.5 Å². The van der Waals surface area contributed by atoms with Gasteiger partial charge in [0.2, 0.25) is 5.75 Å². The van der Waals surface area contributed by atoms with Crippen LogP contribution in [0.15, 0.2) is 176 Å². The molecule has 0 spiro atoms. The van der Waals surface area contributed by atoms with Crippen molar-refractivity contribution in [3.63, 3.8) is 0 Å². The fraction of sp³-hybridized carbons (Fsp3) is 0.160. The molecule has 8 rings (SSSR count). The smallest absolute Gasteiger partial charge is 0.203 e. The van der Waals surface area contributed by atoms with E-state index in [2.05, 4.69) is 48.5 Å². The Morgan fingerprint density at radius 2 is 0.804 bits per heavy atom. The Bertz CT molecular complexity index is 2220. The molecule has 6 heteroatoms. The van der Waals surface area contributed by atoms with Crippen molar-refractivity contribution in [2.24, 2.45) is 0 Å². The molecule has 0 saturated carbocycles. The van der Waals surface area contributed by atoms with E-state index in [0.717, 1.165) is 63.3 Å². The molecule has 0 bridgehead atoms. The highest BCUT2D eigenvalue weighted by molar-refractivity contribution is 5.56. The zero-order valence-corrected chi connectivity index (χ0v) is 31.2. The van der Waals surface area contributed by atoms with Crippen molar-refractivity contribution in [3.05, 3.63) is 215 Å². The van der Waals surface area contributed by atoms with Gasteiger partial charge in [0.25, 0.3) is 0 Å². The molecular weight excluding hydrogens is 697 g/mol. The summed E-state index contributed by atoms with van der Waals surface area (Å²) in [5, 5.41) is 0. The molecule has 1 heterocycles. The number of hydrogen-bond acceptors (Lipinski definition) is 6. The Hall–Kier alpha value is -6.66. The van der Waals surface area contributed by atoms with Gasteiger partial charge in [0.15, 0.2) is 11.5 Å². The number of benzene rings is 7. The Balaban J connectivity index is 1.13. The van der Waals surface area contributed by atoms with Gasteiger partial charge in [-0.15, -0.1) is 0 Å². The first kappa shape index (κ1) is 36.3. The standard InChI is InChI=1S/C50H44O6/c1-6-16-37(17-7-1)32-51-43-30-46(52-33-38-18-8-2-9-19-38)44-26-27-45(56-47(44)31-43)42-28-48(53-34-39-20-10-3-11-21-39)50(55-36-41-24-14-5-15-25-41)49(29-42)54-35-40-22-12-4-13-23-40/h1-25,28-31,45H,26-27,32-36H2/t45-/m1/s1. The summed E-state index contributed by atoms with van der Waals surface area (Å²) in [6, 6.07) is 58.8. The molecule has 1 aliphatic heterocycles. The van der Waals surface area contributed by atoms with Crippen molar-refractivity contribution in [2.75, 3.05) is 0 Å². The molecule has 0 unspecified atom stereocenters. The molecule has 7 aromatic carbocycles. The summed E-state index contributed by atoms with van der Waals surface area (Å²) in [6.45, 7) is 1.95. The number of hydrogen-bond donors (Lipinski definition) is 0. The molecule has 0 N–H and O–H groups in total. The van der Waals surface area contributed by atoms with Gasteiger partial charge in [0.1, 0.15) is 56.4 Å². The van der Waals surface area contributed by atoms with Gasteiger partial charge in [0, 0.05) is 17.7 Å². The highest BCUT2D eigenvalue weighted by atomic mass is 16.5. The average Bonchev–Trinajstić information content (AvgIpc) is 3.27. The predicted octanol–water partition coefficient (Wildman–Crippen LogP) is 11.6. The van der Waals surface area contributed by atoms with Gasteiger partial charge >= 0.3 is 0 Å². The molecule has 0 saturated heterocycles. The van der Waals surface area contributed by atoms with Crippen LogP contribution in [0.3, 0.4) is 0 Å². The maximum absolute atomic E-state index is 6.90. The van der Waals surface area contributed by atoms with E-state index in [-0.39, 0.29) is 6.10 Å². The van der Waals surface area contributed by atoms with Crippen molar-refractivity contribution >= 4 is 0 Å². The van der Waals surface area contributed by atoms with Crippen LogP contribution in [0.25, 0.3) is 0 Å². The second kappa shape index (κ2) is 18.1. The second-order valence-electron chi connectivity index (χ2n) is 13.8. The topological polar surface area (TPSA) is 55.4 Å². The van der Waals surface area contributed by atoms with Crippen LogP contribution in [0, 0.1) is 0 Å². The predicted molar refractivity (Wildman–Crippen MR) is 218 cm³/mol. The Kier molecular flexibility index (Phi) is 11.7. The SMILES string of the molecule is c1ccc(COc2cc(OCc3ccccc3)c3c(c2)O[C@@H](c2cc(OCc4ccccc4)c(OCc4ccccc4)c(OCc4ccccc4)c2)CC3)cc1. The second-order valence-corrected chi connectivity index (χ2v) is 13.8. The molecule has 0 fully saturated rings. The summed E-state index contributed by atoms with van der Waals surface area (Å²) in [6.07, 6.45) is 1.17. The summed E-state index contributed by atoms with van der Waals surface area (Å²) in [7, 11) is 0. The van der Waals surface area contributed by atoms with E-state index >= 15 is 0 Å². The van der Waals surface area contributed by atoms with Gasteiger partial charge in [-0.2, -0.15) is 0 Å². The Morgan fingerprint density at radius 1 is 0.411 bits per heavy atom. The molecule has 0 aromatic heterocycles. The fourth-order valence-electron chi connectivity index (χ4n) is 6.70. The lowest BCUT2D eigenvalue weighted by atomic mass is 9.96. The van der Waals surface area contributed by atoms with Gasteiger partial charge < -0.3 is 28.4 Å². The lowest BCUT2D eigenvalue weighted by Crippen LogP contribution is -2.17. The van der Waals surface area contributed by atoms with Crippen LogP contribution >= 0.6 is 0 Å². The lowest BCUT2D eigenvalue weighted by molar-refractivity contribution is 0.168. The number of rotatable bonds is 16. The first-order chi connectivity index (χ1) is 27.7. The first-order valence-corrected chi connectivity index (χ1v) is 19.1. The van der Waals surface area contributed by atoms with Crippen LogP contribution in [0.2, 0.25) is 0 Å². The Labute approximate surface area is 328 Å². The van der Waals surface area contributed by atoms with Crippen LogP contribution in [-0.4, -0.2) is 0 Å². The number of ether oxygens (including phenoxy) is 6. The highest BCUT2D eigenvalue weighted by Crippen LogP contribution is 2.47. The van der Waals surface area contributed by atoms with Crippen molar-refractivity contribution in [1.82, 2.24) is 0 Å². The van der Waals surface area contributed by atoms with Gasteiger partial charge in [-0.05, 0) is 58.4 Å². The van der Waals surface area contributed by atoms with Crippen LogP contribution < -0.4 is 28.4 Å². The largest absolute Gasteiger partial charge is 0.489 e. The third-order valence-corrected chi connectivity index (χ3v) is 9.67. The molecule has 7 aromatic rings. The van der Waals surface area contributed by atoms with Crippen molar-refractivity contribution in [2.45, 2.75) is 52.0 Å². The molecule has 56 heavy (non-hydrogen) atoms. The Morgan fingerprint density at radius 3 is 1.25 bits per heavy atom. The minimum Gasteiger partial charge on any atom is -0.489 e. The molecule has 0 amide bonds. The highest BCUT2D eigenvalue weighted by Gasteiger charge is 2.28. The fourth-order valence-corrected chi connectivity index (χ4v) is 6.70. The lowest BCUT2D eigenvalue weighted by Gasteiger charge is -2.29. The quantitative estimate of drug-likeness (QED) is 0.0983. The van der Waals surface area contributed by atoms with E-state index < -0.39 is 0 Å². The first-order valence-electron chi connectivity index (χ1n) is 19.1. The summed E-state index contributed by atoms with van der Waals surface area (Å²) in [5.74, 6) is 3.90. The monoisotopic (exact) mass is 740 g/mol. The van der Waals surface area contributed by atoms with Gasteiger partial charge in [-0.3, -0.25) is 0 Å². The van der Waals surface area contributed by atoms with Crippen LogP contribution in [0.4, 0.5) is 0 Å². The van der Waals surface area contributed by atoms with E-state index in [1.807, 2.05) is 127 Å². The van der Waals surface area contributed by atoms with Gasteiger partial charge in [0.05, 0.1) is 0 Å². The summed E-state index contributed by atoms with van der Waals surface area (Å²) in [5.41, 5.74) is 7.26. The van der Waals surface area contributed by atoms with Crippen LogP contribution in [0.1, 0.15) is 51.5 Å². The number of fused-ring (bicyclic) bond motifs is 1. The minimum atomic E-state index is -0.296. The van der Waals surface area contributed by atoms with Crippen LogP contribution in [0.5, 0.6) is 34.5 Å². The van der Waals surface area contributed by atoms with Crippen molar-refractivity contribution in [1.29, 1.82) is 0 Å². The summed E-state index contributed by atoms with van der Waals surface area (Å²) >= 11 is 0. The maximum Gasteiger partial charge on any atom is 0.203 e.